The molecule has 1 aromatic heterocycles. The Bertz CT molecular complexity index is 621. The lowest BCUT2D eigenvalue weighted by atomic mass is 10.2. The summed E-state index contributed by atoms with van der Waals surface area (Å²) in [6.45, 7) is 0.327. The number of aromatic nitrogens is 1. The molecule has 0 radical (unpaired) electrons. The SMILES string of the molecule is CCOC(=O)NC(=S)Nc1nc(C2CC2)ccc1OCC(F)(F)F. The lowest BCUT2D eigenvalue weighted by Crippen LogP contribution is -2.35. The molecule has 1 aliphatic rings. The molecular formula is C14H16F3N3O3S. The van der Waals surface area contributed by atoms with Crippen LogP contribution in [0.3, 0.4) is 0 Å². The van der Waals surface area contributed by atoms with Crippen molar-refractivity contribution in [2.75, 3.05) is 18.5 Å². The highest BCUT2D eigenvalue weighted by Gasteiger charge is 2.30. The van der Waals surface area contributed by atoms with Crippen LogP contribution in [0.5, 0.6) is 5.75 Å². The van der Waals surface area contributed by atoms with Gasteiger partial charge in [0, 0.05) is 11.6 Å². The number of nitrogens with one attached hydrogen (secondary N) is 2. The van der Waals surface area contributed by atoms with E-state index >= 15 is 0 Å². The third-order valence-electron chi connectivity index (χ3n) is 2.99. The second kappa shape index (κ2) is 7.65. The molecule has 132 valence electrons. The average Bonchev–Trinajstić information content (AvgIpc) is 3.29. The van der Waals surface area contributed by atoms with Crippen molar-refractivity contribution in [3.8, 4) is 5.75 Å². The van der Waals surface area contributed by atoms with Gasteiger partial charge in [0.2, 0.25) is 0 Å². The van der Waals surface area contributed by atoms with E-state index < -0.39 is 18.9 Å². The number of carbonyl (C=O) groups excluding carboxylic acids is 1. The number of hydrogen-bond acceptors (Lipinski definition) is 5. The van der Waals surface area contributed by atoms with E-state index in [2.05, 4.69) is 20.4 Å². The average molecular weight is 363 g/mol. The Labute approximate surface area is 141 Å². The summed E-state index contributed by atoms with van der Waals surface area (Å²) < 4.78 is 46.5. The quantitative estimate of drug-likeness (QED) is 0.782. The highest BCUT2D eigenvalue weighted by atomic mass is 32.1. The van der Waals surface area contributed by atoms with Crippen molar-refractivity contribution in [3.05, 3.63) is 17.8 Å². The topological polar surface area (TPSA) is 72.5 Å². The van der Waals surface area contributed by atoms with Crippen LogP contribution in [-0.4, -0.2) is 35.6 Å². The minimum atomic E-state index is -4.48. The maximum Gasteiger partial charge on any atom is 0.422 e. The van der Waals surface area contributed by atoms with Crippen LogP contribution in [0.1, 0.15) is 31.4 Å². The number of thiocarbonyl (C=S) groups is 1. The van der Waals surface area contributed by atoms with Crippen LogP contribution in [-0.2, 0) is 4.74 Å². The Kier molecular flexibility index (Phi) is 5.81. The molecule has 0 unspecified atom stereocenters. The van der Waals surface area contributed by atoms with Gasteiger partial charge in [0.1, 0.15) is 0 Å². The number of alkyl carbamates (subject to hydrolysis) is 1. The number of ether oxygens (including phenoxy) is 2. The van der Waals surface area contributed by atoms with Crippen LogP contribution in [0.4, 0.5) is 23.8 Å². The molecule has 0 atom stereocenters. The van der Waals surface area contributed by atoms with E-state index in [4.69, 9.17) is 17.0 Å². The zero-order valence-corrected chi connectivity index (χ0v) is 13.6. The molecular weight excluding hydrogens is 347 g/mol. The number of hydrogen-bond donors (Lipinski definition) is 2. The molecule has 24 heavy (non-hydrogen) atoms. The van der Waals surface area contributed by atoms with Gasteiger partial charge in [0.05, 0.1) is 6.61 Å². The Morgan fingerprint density at radius 1 is 1.42 bits per heavy atom. The summed E-state index contributed by atoms with van der Waals surface area (Å²) in [6, 6.07) is 3.03. The zero-order chi connectivity index (χ0) is 17.7. The smallest absolute Gasteiger partial charge is 0.422 e. The molecule has 0 bridgehead atoms. The van der Waals surface area contributed by atoms with Crippen LogP contribution in [0.2, 0.25) is 0 Å². The number of amides is 1. The predicted molar refractivity (Wildman–Crippen MR) is 84.1 cm³/mol. The molecule has 1 saturated carbocycles. The van der Waals surface area contributed by atoms with Crippen molar-refractivity contribution in [1.82, 2.24) is 10.3 Å². The Balaban J connectivity index is 2.10. The molecule has 0 aromatic carbocycles. The lowest BCUT2D eigenvalue weighted by molar-refractivity contribution is -0.153. The molecule has 6 nitrogen and oxygen atoms in total. The highest BCUT2D eigenvalue weighted by Crippen LogP contribution is 2.40. The fourth-order valence-electron chi connectivity index (χ4n) is 1.83. The maximum absolute atomic E-state index is 12.3. The van der Waals surface area contributed by atoms with Gasteiger partial charge in [-0.1, -0.05) is 0 Å². The van der Waals surface area contributed by atoms with Crippen LogP contribution in [0, 0.1) is 0 Å². The van der Waals surface area contributed by atoms with Gasteiger partial charge in [-0.15, -0.1) is 0 Å². The number of rotatable bonds is 5. The zero-order valence-electron chi connectivity index (χ0n) is 12.8. The largest absolute Gasteiger partial charge is 0.480 e. The number of nitrogens with zero attached hydrogens (tertiary/aromatic N) is 1. The van der Waals surface area contributed by atoms with Crippen LogP contribution in [0.25, 0.3) is 0 Å². The molecule has 0 spiro atoms. The second-order valence-electron chi connectivity index (χ2n) is 5.06. The Morgan fingerprint density at radius 3 is 2.71 bits per heavy atom. The van der Waals surface area contributed by atoms with E-state index in [1.807, 2.05) is 0 Å². The summed E-state index contributed by atoms with van der Waals surface area (Å²) >= 11 is 4.93. The number of carbonyl (C=O) groups is 1. The molecule has 0 saturated heterocycles. The van der Waals surface area contributed by atoms with Gasteiger partial charge in [-0.25, -0.2) is 9.78 Å². The van der Waals surface area contributed by atoms with Crippen molar-refractivity contribution in [1.29, 1.82) is 0 Å². The van der Waals surface area contributed by atoms with Crippen LogP contribution < -0.4 is 15.4 Å². The molecule has 1 amide bonds. The molecule has 1 aromatic rings. The molecule has 0 aliphatic heterocycles. The van der Waals surface area contributed by atoms with Gasteiger partial charge in [-0.2, -0.15) is 13.2 Å². The van der Waals surface area contributed by atoms with E-state index in [1.165, 1.54) is 6.07 Å². The summed E-state index contributed by atoms with van der Waals surface area (Å²) in [5.41, 5.74) is 0.732. The van der Waals surface area contributed by atoms with E-state index in [-0.39, 0.29) is 29.2 Å². The van der Waals surface area contributed by atoms with Crippen molar-refractivity contribution in [2.24, 2.45) is 0 Å². The fourth-order valence-corrected chi connectivity index (χ4v) is 2.01. The number of halogens is 3. The van der Waals surface area contributed by atoms with E-state index in [1.54, 1.807) is 13.0 Å². The number of anilines is 1. The Hall–Kier alpha value is -2.10. The third kappa shape index (κ3) is 5.84. The first-order valence-corrected chi connectivity index (χ1v) is 7.64. The second-order valence-corrected chi connectivity index (χ2v) is 5.47. The van der Waals surface area contributed by atoms with Gasteiger partial charge in [-0.05, 0) is 44.1 Å². The molecule has 1 aliphatic carbocycles. The summed E-state index contributed by atoms with van der Waals surface area (Å²) in [5.74, 6) is 0.198. The molecule has 1 fully saturated rings. The summed E-state index contributed by atoms with van der Waals surface area (Å²) in [4.78, 5) is 15.6. The van der Waals surface area contributed by atoms with Crippen molar-refractivity contribution in [2.45, 2.75) is 31.9 Å². The van der Waals surface area contributed by atoms with Gasteiger partial charge >= 0.3 is 12.3 Å². The third-order valence-corrected chi connectivity index (χ3v) is 3.19. The standard InChI is InChI=1S/C14H16F3N3O3S/c1-2-22-13(21)20-12(24)19-11-10(23-7-14(15,16)17)6-5-9(18-11)8-3-4-8/h5-6,8H,2-4,7H2,1H3,(H2,18,19,20,21,24). The van der Waals surface area contributed by atoms with Gasteiger partial charge in [0.15, 0.2) is 23.3 Å². The Morgan fingerprint density at radius 2 is 2.12 bits per heavy atom. The monoisotopic (exact) mass is 363 g/mol. The normalized spacial score (nSPS) is 14.0. The molecule has 1 heterocycles. The maximum atomic E-state index is 12.3. The molecule has 10 heteroatoms. The molecule has 2 rings (SSSR count). The van der Waals surface area contributed by atoms with E-state index in [0.29, 0.717) is 0 Å². The summed E-state index contributed by atoms with van der Waals surface area (Å²) in [6.07, 6.45) is -3.30. The minimum Gasteiger partial charge on any atom is -0.480 e. The summed E-state index contributed by atoms with van der Waals surface area (Å²) in [5, 5.41) is 4.66. The predicted octanol–water partition coefficient (Wildman–Crippen LogP) is 3.34. The van der Waals surface area contributed by atoms with Crippen molar-refractivity contribution < 1.29 is 27.4 Å². The van der Waals surface area contributed by atoms with E-state index in [9.17, 15) is 18.0 Å². The summed E-state index contributed by atoms with van der Waals surface area (Å²) in [7, 11) is 0. The van der Waals surface area contributed by atoms with Crippen LogP contribution in [0.15, 0.2) is 12.1 Å². The highest BCUT2D eigenvalue weighted by molar-refractivity contribution is 7.80. The van der Waals surface area contributed by atoms with Gasteiger partial charge in [-0.3, -0.25) is 5.32 Å². The van der Waals surface area contributed by atoms with Crippen molar-refractivity contribution >= 4 is 29.2 Å². The van der Waals surface area contributed by atoms with Gasteiger partial charge < -0.3 is 14.8 Å². The molecule has 2 N–H and O–H groups in total. The number of alkyl halides is 3. The lowest BCUT2D eigenvalue weighted by Gasteiger charge is -2.15. The first kappa shape index (κ1) is 18.2. The minimum absolute atomic E-state index is 0.0189. The fraction of sp³-hybridized carbons (Fsp3) is 0.500. The van der Waals surface area contributed by atoms with Gasteiger partial charge in [0.25, 0.3) is 0 Å². The number of pyridine rings is 1. The van der Waals surface area contributed by atoms with E-state index in [0.717, 1.165) is 18.5 Å². The first-order chi connectivity index (χ1) is 11.3. The first-order valence-electron chi connectivity index (χ1n) is 7.23. The van der Waals surface area contributed by atoms with Crippen LogP contribution >= 0.6 is 12.2 Å². The van der Waals surface area contributed by atoms with Crippen molar-refractivity contribution in [3.63, 3.8) is 0 Å².